The fourth-order valence-electron chi connectivity index (χ4n) is 1.84. The molecule has 6 heteroatoms. The number of aromatic nitrogens is 1. The van der Waals surface area contributed by atoms with Crippen molar-refractivity contribution in [1.82, 2.24) is 9.88 Å². The second-order valence-corrected chi connectivity index (χ2v) is 5.01. The van der Waals surface area contributed by atoms with Crippen molar-refractivity contribution < 1.29 is 4.79 Å². The monoisotopic (exact) mass is 288 g/mol. The Labute approximate surface area is 122 Å². The SMILES string of the molecule is CN(C)C(=O)CNc1c(C(N)=S)cnc2ccccc12. The number of anilines is 1. The number of carbonyl (C=O) groups excluding carboxylic acids is 1. The Morgan fingerprint density at radius 3 is 2.75 bits per heavy atom. The molecule has 0 saturated heterocycles. The molecule has 0 atom stereocenters. The molecule has 5 nitrogen and oxygen atoms in total. The van der Waals surface area contributed by atoms with Crippen LogP contribution in [0.2, 0.25) is 0 Å². The fraction of sp³-hybridized carbons (Fsp3) is 0.214. The number of carbonyl (C=O) groups is 1. The van der Waals surface area contributed by atoms with Gasteiger partial charge >= 0.3 is 0 Å². The molecule has 0 aliphatic carbocycles. The van der Waals surface area contributed by atoms with Crippen LogP contribution in [0.5, 0.6) is 0 Å². The molecule has 1 aromatic heterocycles. The summed E-state index contributed by atoms with van der Waals surface area (Å²) in [5.74, 6) is -0.0280. The summed E-state index contributed by atoms with van der Waals surface area (Å²) in [7, 11) is 3.42. The van der Waals surface area contributed by atoms with Gasteiger partial charge in [-0.2, -0.15) is 0 Å². The number of rotatable bonds is 4. The second kappa shape index (κ2) is 5.83. The highest BCUT2D eigenvalue weighted by Crippen LogP contribution is 2.25. The molecule has 2 aromatic rings. The van der Waals surface area contributed by atoms with Gasteiger partial charge < -0.3 is 16.0 Å². The Hall–Kier alpha value is -2.21. The van der Waals surface area contributed by atoms with Crippen molar-refractivity contribution in [3.8, 4) is 0 Å². The average Bonchev–Trinajstić information content (AvgIpc) is 2.43. The van der Waals surface area contributed by atoms with E-state index in [4.69, 9.17) is 18.0 Å². The van der Waals surface area contributed by atoms with Crippen molar-refractivity contribution in [2.75, 3.05) is 26.0 Å². The topological polar surface area (TPSA) is 71.2 Å². The molecule has 20 heavy (non-hydrogen) atoms. The van der Waals surface area contributed by atoms with Crippen molar-refractivity contribution in [1.29, 1.82) is 0 Å². The number of fused-ring (bicyclic) bond motifs is 1. The van der Waals surface area contributed by atoms with E-state index < -0.39 is 0 Å². The van der Waals surface area contributed by atoms with Crippen LogP contribution in [-0.2, 0) is 4.79 Å². The summed E-state index contributed by atoms with van der Waals surface area (Å²) in [5.41, 5.74) is 7.95. The summed E-state index contributed by atoms with van der Waals surface area (Å²) < 4.78 is 0. The van der Waals surface area contributed by atoms with Gasteiger partial charge in [-0.15, -0.1) is 0 Å². The lowest BCUT2D eigenvalue weighted by atomic mass is 10.1. The molecular formula is C14H16N4OS. The van der Waals surface area contributed by atoms with Gasteiger partial charge in [-0.05, 0) is 6.07 Å². The highest BCUT2D eigenvalue weighted by molar-refractivity contribution is 7.80. The van der Waals surface area contributed by atoms with E-state index >= 15 is 0 Å². The van der Waals surface area contributed by atoms with Crippen LogP contribution in [0.3, 0.4) is 0 Å². The van der Waals surface area contributed by atoms with Gasteiger partial charge in [0.25, 0.3) is 0 Å². The molecule has 1 amide bonds. The largest absolute Gasteiger partial charge is 0.389 e. The quantitative estimate of drug-likeness (QED) is 0.831. The normalized spacial score (nSPS) is 10.3. The fourth-order valence-corrected chi connectivity index (χ4v) is 2.00. The number of benzene rings is 1. The molecule has 104 valence electrons. The Morgan fingerprint density at radius 2 is 2.10 bits per heavy atom. The summed E-state index contributed by atoms with van der Waals surface area (Å²) in [5, 5.41) is 4.01. The number of likely N-dealkylation sites (N-methyl/N-ethyl adjacent to an activating group) is 1. The highest BCUT2D eigenvalue weighted by atomic mass is 32.1. The Kier molecular flexibility index (Phi) is 4.14. The number of hydrogen-bond donors (Lipinski definition) is 2. The van der Waals surface area contributed by atoms with E-state index in [1.165, 1.54) is 4.90 Å². The van der Waals surface area contributed by atoms with Crippen molar-refractivity contribution >= 4 is 39.7 Å². The van der Waals surface area contributed by atoms with E-state index in [9.17, 15) is 4.79 Å². The standard InChI is InChI=1S/C14H16N4OS/c1-18(2)12(19)8-17-13-9-5-3-4-6-11(9)16-7-10(13)14(15)20/h3-7H,8H2,1-2H3,(H2,15,20)(H,16,17). The number of nitrogens with zero attached hydrogens (tertiary/aromatic N) is 2. The third kappa shape index (κ3) is 2.85. The number of para-hydroxylation sites is 1. The van der Waals surface area contributed by atoms with Crippen LogP contribution < -0.4 is 11.1 Å². The van der Waals surface area contributed by atoms with Gasteiger partial charge in [-0.25, -0.2) is 0 Å². The van der Waals surface area contributed by atoms with Gasteiger partial charge in [-0.1, -0.05) is 30.4 Å². The van der Waals surface area contributed by atoms with Crippen LogP contribution in [0.4, 0.5) is 5.69 Å². The maximum atomic E-state index is 11.7. The van der Waals surface area contributed by atoms with Crippen molar-refractivity contribution in [2.45, 2.75) is 0 Å². The van der Waals surface area contributed by atoms with Crippen molar-refractivity contribution in [3.05, 3.63) is 36.0 Å². The summed E-state index contributed by atoms with van der Waals surface area (Å²) in [6.45, 7) is 0.177. The molecule has 3 N–H and O–H groups in total. The molecule has 1 aromatic carbocycles. The first kappa shape index (κ1) is 14.2. The van der Waals surface area contributed by atoms with E-state index in [0.29, 0.717) is 5.56 Å². The van der Waals surface area contributed by atoms with Gasteiger partial charge in [0, 0.05) is 25.7 Å². The van der Waals surface area contributed by atoms with Crippen molar-refractivity contribution in [2.24, 2.45) is 5.73 Å². The smallest absolute Gasteiger partial charge is 0.241 e. The van der Waals surface area contributed by atoms with Gasteiger partial charge in [0.1, 0.15) is 4.99 Å². The van der Waals surface area contributed by atoms with E-state index in [1.54, 1.807) is 20.3 Å². The van der Waals surface area contributed by atoms with Crippen LogP contribution in [0.1, 0.15) is 5.56 Å². The summed E-state index contributed by atoms with van der Waals surface area (Å²) >= 11 is 5.05. The molecule has 0 spiro atoms. The van der Waals surface area contributed by atoms with Gasteiger partial charge in [0.15, 0.2) is 0 Å². The lowest BCUT2D eigenvalue weighted by molar-refractivity contribution is -0.126. The first-order valence-electron chi connectivity index (χ1n) is 6.12. The molecular weight excluding hydrogens is 272 g/mol. The Balaban J connectivity index is 2.44. The summed E-state index contributed by atoms with van der Waals surface area (Å²) in [6.07, 6.45) is 1.63. The number of thiocarbonyl (C=S) groups is 1. The van der Waals surface area contributed by atoms with Crippen molar-refractivity contribution in [3.63, 3.8) is 0 Å². The van der Waals surface area contributed by atoms with Crippen LogP contribution >= 0.6 is 12.2 Å². The van der Waals surface area contributed by atoms with E-state index in [0.717, 1.165) is 16.6 Å². The maximum Gasteiger partial charge on any atom is 0.241 e. The average molecular weight is 288 g/mol. The number of nitrogens with one attached hydrogen (secondary N) is 1. The summed E-state index contributed by atoms with van der Waals surface area (Å²) in [6, 6.07) is 7.64. The molecule has 0 radical (unpaired) electrons. The number of amides is 1. The molecule has 0 bridgehead atoms. The predicted molar refractivity (Wildman–Crippen MR) is 84.8 cm³/mol. The molecule has 0 unspecified atom stereocenters. The Bertz CT molecular complexity index is 669. The van der Waals surface area contributed by atoms with E-state index in [-0.39, 0.29) is 17.4 Å². The number of hydrogen-bond acceptors (Lipinski definition) is 4. The van der Waals surface area contributed by atoms with Crippen LogP contribution in [0, 0.1) is 0 Å². The van der Waals surface area contributed by atoms with E-state index in [1.807, 2.05) is 24.3 Å². The zero-order chi connectivity index (χ0) is 14.7. The Morgan fingerprint density at radius 1 is 1.40 bits per heavy atom. The first-order chi connectivity index (χ1) is 9.50. The maximum absolute atomic E-state index is 11.7. The summed E-state index contributed by atoms with van der Waals surface area (Å²) in [4.78, 5) is 17.8. The lowest BCUT2D eigenvalue weighted by Gasteiger charge is -2.15. The number of pyridine rings is 1. The van der Waals surface area contributed by atoms with Crippen LogP contribution in [0.15, 0.2) is 30.5 Å². The zero-order valence-corrected chi connectivity index (χ0v) is 12.2. The molecule has 0 saturated carbocycles. The lowest BCUT2D eigenvalue weighted by Crippen LogP contribution is -2.29. The minimum Gasteiger partial charge on any atom is -0.389 e. The third-order valence-corrected chi connectivity index (χ3v) is 3.18. The van der Waals surface area contributed by atoms with Gasteiger partial charge in [0.2, 0.25) is 5.91 Å². The molecule has 0 fully saturated rings. The van der Waals surface area contributed by atoms with Crippen LogP contribution in [0.25, 0.3) is 10.9 Å². The minimum atomic E-state index is -0.0280. The zero-order valence-electron chi connectivity index (χ0n) is 11.4. The third-order valence-electron chi connectivity index (χ3n) is 2.96. The first-order valence-corrected chi connectivity index (χ1v) is 6.53. The number of nitrogens with two attached hydrogens (primary N) is 1. The molecule has 0 aliphatic rings. The van der Waals surface area contributed by atoms with E-state index in [2.05, 4.69) is 10.3 Å². The molecule has 1 heterocycles. The highest BCUT2D eigenvalue weighted by Gasteiger charge is 2.12. The second-order valence-electron chi connectivity index (χ2n) is 4.57. The van der Waals surface area contributed by atoms with Gasteiger partial charge in [0.05, 0.1) is 23.3 Å². The minimum absolute atomic E-state index is 0.0280. The predicted octanol–water partition coefficient (Wildman–Crippen LogP) is 1.37. The molecule has 2 rings (SSSR count). The van der Waals surface area contributed by atoms with Crippen LogP contribution in [-0.4, -0.2) is 41.4 Å². The molecule has 0 aliphatic heterocycles. The van der Waals surface area contributed by atoms with Gasteiger partial charge in [-0.3, -0.25) is 9.78 Å².